The largest absolute Gasteiger partial charge is 0.448 e. The van der Waals surface area contributed by atoms with E-state index in [1.54, 1.807) is 30.3 Å². The van der Waals surface area contributed by atoms with E-state index < -0.39 is 45.2 Å². The predicted octanol–water partition coefficient (Wildman–Crippen LogP) is 9.77. The van der Waals surface area contributed by atoms with Crippen LogP contribution in [0.3, 0.4) is 0 Å². The zero-order chi connectivity index (χ0) is 49.4. The van der Waals surface area contributed by atoms with E-state index in [9.17, 15) is 31.4 Å². The van der Waals surface area contributed by atoms with E-state index >= 15 is 0 Å². The Bertz CT molecular complexity index is 3240. The Hall–Kier alpha value is -7.12. The average molecular weight is 981 g/mol. The smallest absolute Gasteiger partial charge is 0.313 e. The molecule has 4 aromatic heterocycles. The first-order chi connectivity index (χ1) is 33.0. The lowest BCUT2D eigenvalue weighted by atomic mass is 10.2. The van der Waals surface area contributed by atoms with E-state index in [4.69, 9.17) is 9.47 Å². The zero-order valence-corrected chi connectivity index (χ0v) is 40.1. The van der Waals surface area contributed by atoms with Gasteiger partial charge in [0.25, 0.3) is 0 Å². The molecule has 8 aromatic rings. The quantitative estimate of drug-likeness (QED) is 0.0518. The van der Waals surface area contributed by atoms with Crippen LogP contribution in [0.5, 0.6) is 23.0 Å². The minimum Gasteiger partial charge on any atom is -0.448 e. The van der Waals surface area contributed by atoms with Gasteiger partial charge in [0.2, 0.25) is 5.16 Å². The molecular weight excluding hydrogens is 933 g/mol. The summed E-state index contributed by atoms with van der Waals surface area (Å²) in [6.07, 6.45) is 3.07. The van der Waals surface area contributed by atoms with Crippen molar-refractivity contribution in [1.82, 2.24) is 29.3 Å². The molecule has 1 unspecified atom stereocenters. The van der Waals surface area contributed by atoms with E-state index in [1.807, 2.05) is 88.4 Å². The molecule has 4 aromatic carbocycles. The van der Waals surface area contributed by atoms with Gasteiger partial charge in [0.05, 0.1) is 16.6 Å². The fourth-order valence-corrected chi connectivity index (χ4v) is 8.88. The monoisotopic (exact) mass is 980 g/mol. The van der Waals surface area contributed by atoms with Crippen LogP contribution < -0.4 is 30.6 Å². The second kappa shape index (κ2) is 22.3. The number of benzene rings is 4. The van der Waals surface area contributed by atoms with Gasteiger partial charge >= 0.3 is 11.1 Å². The van der Waals surface area contributed by atoms with Gasteiger partial charge in [0.15, 0.2) is 51.1 Å². The first-order valence-electron chi connectivity index (χ1n) is 21.7. The van der Waals surface area contributed by atoms with E-state index in [0.717, 1.165) is 35.4 Å². The van der Waals surface area contributed by atoms with Crippen LogP contribution in [0.4, 0.5) is 17.6 Å². The molecule has 0 saturated carbocycles. The van der Waals surface area contributed by atoms with E-state index in [0.29, 0.717) is 52.6 Å². The predicted molar refractivity (Wildman–Crippen MR) is 261 cm³/mol. The average Bonchev–Trinajstić information content (AvgIpc) is 3.30. The number of halogens is 4. The summed E-state index contributed by atoms with van der Waals surface area (Å²) in [5.74, 6) is -2.77. The lowest BCUT2D eigenvalue weighted by Crippen LogP contribution is -2.42. The Balaban J connectivity index is 0.000000204. The van der Waals surface area contributed by atoms with Crippen LogP contribution in [-0.2, 0) is 22.3 Å². The number of fused-ring (bicyclic) bond motifs is 2. The molecule has 0 bridgehead atoms. The van der Waals surface area contributed by atoms with Gasteiger partial charge in [0, 0.05) is 68.2 Å². The van der Waals surface area contributed by atoms with Crippen LogP contribution >= 0.6 is 11.8 Å². The summed E-state index contributed by atoms with van der Waals surface area (Å²) in [6, 6.07) is 27.9. The second-order valence-electron chi connectivity index (χ2n) is 16.7. The number of ether oxygens (including phenoxy) is 2. The summed E-state index contributed by atoms with van der Waals surface area (Å²) >= 11 is 1.47. The molecule has 0 N–H and O–H groups in total. The van der Waals surface area contributed by atoms with Crippen molar-refractivity contribution in [2.24, 2.45) is 11.8 Å². The van der Waals surface area contributed by atoms with Crippen LogP contribution in [0.15, 0.2) is 141 Å². The molecule has 0 radical (unpaired) electrons. The highest BCUT2D eigenvalue weighted by molar-refractivity contribution is 7.98. The number of aromatic nitrogens is 6. The molecule has 0 spiro atoms. The third-order valence-electron chi connectivity index (χ3n) is 10.1. The van der Waals surface area contributed by atoms with Crippen molar-refractivity contribution >= 4 is 44.6 Å². The summed E-state index contributed by atoms with van der Waals surface area (Å²) in [5.41, 5.74) is 1.58. The van der Waals surface area contributed by atoms with Crippen LogP contribution in [0, 0.1) is 35.1 Å². The van der Waals surface area contributed by atoms with Crippen LogP contribution in [0.1, 0.15) is 38.8 Å². The maximum absolute atomic E-state index is 14.2. The van der Waals surface area contributed by atoms with Crippen LogP contribution in [-0.4, -0.2) is 60.7 Å². The van der Waals surface area contributed by atoms with Crippen LogP contribution in [0.2, 0.25) is 0 Å². The highest BCUT2D eigenvalue weighted by atomic mass is 32.2. The highest BCUT2D eigenvalue weighted by Gasteiger charge is 2.22. The molecular formula is C50H48F4N8O5S2. The van der Waals surface area contributed by atoms with Gasteiger partial charge in [-0.3, -0.25) is 13.8 Å². The van der Waals surface area contributed by atoms with Gasteiger partial charge in [-0.15, -0.1) is 0 Å². The molecule has 0 amide bonds. The van der Waals surface area contributed by atoms with Crippen molar-refractivity contribution in [3.63, 3.8) is 0 Å². The minimum atomic E-state index is -1.54. The van der Waals surface area contributed by atoms with Gasteiger partial charge in [0.1, 0.15) is 11.6 Å². The molecule has 19 heteroatoms. The van der Waals surface area contributed by atoms with E-state index in [2.05, 4.69) is 19.9 Å². The third kappa shape index (κ3) is 12.5. The normalized spacial score (nSPS) is 11.7. The summed E-state index contributed by atoms with van der Waals surface area (Å²) in [6.45, 7) is 9.12. The van der Waals surface area contributed by atoms with E-state index in [1.165, 1.54) is 39.4 Å². The summed E-state index contributed by atoms with van der Waals surface area (Å²) in [7, 11) is 1.95. The van der Waals surface area contributed by atoms with E-state index in [-0.39, 0.29) is 51.4 Å². The molecule has 0 aliphatic rings. The first kappa shape index (κ1) is 49.8. The molecule has 0 aliphatic carbocycles. The van der Waals surface area contributed by atoms with Crippen molar-refractivity contribution in [3.05, 3.63) is 177 Å². The maximum atomic E-state index is 14.2. The third-order valence-corrected chi connectivity index (χ3v) is 12.2. The SMILES string of the molecule is CC(C)CN(C)n1c(=O)c(Oc2ccc(F)cc2F)cc2cnc(S(=O)Cc3ccccc3)nc21.CC(C)CN(C)n1c(=O)c(Oc2ccc(F)cc2F)cc2cnc(SCc3ccccc3)nc21. The van der Waals surface area contributed by atoms with Crippen molar-refractivity contribution in [1.29, 1.82) is 0 Å². The fourth-order valence-electron chi connectivity index (χ4n) is 7.13. The molecule has 69 heavy (non-hydrogen) atoms. The molecule has 0 fully saturated rings. The Morgan fingerprint density at radius 1 is 0.609 bits per heavy atom. The molecule has 0 saturated heterocycles. The van der Waals surface area contributed by atoms with Crippen LogP contribution in [0.25, 0.3) is 22.1 Å². The number of thioether (sulfide) groups is 1. The molecule has 13 nitrogen and oxygen atoms in total. The van der Waals surface area contributed by atoms with Gasteiger partial charge in [-0.05, 0) is 59.4 Å². The minimum absolute atomic E-state index is 0.0886. The lowest BCUT2D eigenvalue weighted by Gasteiger charge is -2.25. The number of hydrogen-bond acceptors (Lipinski definition) is 12. The molecule has 8 rings (SSSR count). The molecule has 0 aliphatic heterocycles. The van der Waals surface area contributed by atoms with Gasteiger partial charge in [-0.1, -0.05) is 100 Å². The summed E-state index contributed by atoms with van der Waals surface area (Å²) in [4.78, 5) is 44.6. The lowest BCUT2D eigenvalue weighted by molar-refractivity contribution is 0.426. The Morgan fingerprint density at radius 2 is 1.07 bits per heavy atom. The first-order valence-corrected chi connectivity index (χ1v) is 24.0. The molecule has 358 valence electrons. The molecule has 1 atom stereocenters. The molecule has 4 heterocycles. The number of rotatable bonds is 16. The second-order valence-corrected chi connectivity index (χ2v) is 19.0. The van der Waals surface area contributed by atoms with Crippen molar-refractivity contribution in [3.8, 4) is 23.0 Å². The van der Waals surface area contributed by atoms with Gasteiger partial charge in [-0.2, -0.15) is 9.35 Å². The summed E-state index contributed by atoms with van der Waals surface area (Å²) < 4.78 is 81.7. The number of pyridine rings is 2. The highest BCUT2D eigenvalue weighted by Crippen LogP contribution is 2.28. The Labute approximate surface area is 401 Å². The maximum Gasteiger partial charge on any atom is 0.313 e. The van der Waals surface area contributed by atoms with Crippen molar-refractivity contribution < 1.29 is 31.2 Å². The zero-order valence-electron chi connectivity index (χ0n) is 38.5. The standard InChI is InChI=1S/C25H24F2N4O3S.C25H24F2N4O2S/c1-16(2)14-30(3)31-23-18(11-22(24(31)32)34-21-10-9-19(26)12-20(21)27)13-28-25(29-23)35(33)15-17-7-5-4-6-8-17;1-16(2)14-30(3)31-23-18(13-28-25(29-23)34-15-17-7-5-4-6-8-17)11-22(24(31)32)33-21-10-9-19(26)12-20(21)27/h4-13,16H,14-15H2,1-3H3;4-13,16H,14-15H2,1-3H3. The fraction of sp³-hybridized carbons (Fsp3) is 0.240. The topological polar surface area (TPSA) is 138 Å². The van der Waals surface area contributed by atoms with Crippen molar-refractivity contribution in [2.45, 2.75) is 49.5 Å². The van der Waals surface area contributed by atoms with Crippen molar-refractivity contribution in [2.75, 3.05) is 37.2 Å². The number of hydrogen-bond donors (Lipinski definition) is 0. The Kier molecular flexibility index (Phi) is 16.1. The Morgan fingerprint density at radius 3 is 1.55 bits per heavy atom. The summed E-state index contributed by atoms with van der Waals surface area (Å²) in [5, 5.41) is 5.02. The van der Waals surface area contributed by atoms with Gasteiger partial charge < -0.3 is 19.5 Å². The number of nitrogens with zero attached hydrogens (tertiary/aromatic N) is 8. The van der Waals surface area contributed by atoms with Gasteiger partial charge in [-0.25, -0.2) is 37.5 Å².